The summed E-state index contributed by atoms with van der Waals surface area (Å²) in [6.45, 7) is 4.09. The van der Waals surface area contributed by atoms with E-state index in [4.69, 9.17) is 11.6 Å². The second kappa shape index (κ2) is 8.86. The molecule has 4 rings (SSSR count). The first-order chi connectivity index (χ1) is 13.7. The van der Waals surface area contributed by atoms with Gasteiger partial charge in [-0.1, -0.05) is 30.2 Å². The van der Waals surface area contributed by atoms with Gasteiger partial charge in [0.05, 0.1) is 24.0 Å². The highest BCUT2D eigenvalue weighted by molar-refractivity contribution is 7.14. The van der Waals surface area contributed by atoms with Gasteiger partial charge in [0.25, 0.3) is 5.91 Å². The number of nitrogens with one attached hydrogen (secondary N) is 1. The van der Waals surface area contributed by atoms with Gasteiger partial charge in [0.2, 0.25) is 0 Å². The lowest BCUT2D eigenvalue weighted by Gasteiger charge is -2.26. The van der Waals surface area contributed by atoms with E-state index in [0.29, 0.717) is 15.7 Å². The minimum atomic E-state index is -0.193. The van der Waals surface area contributed by atoms with Crippen molar-refractivity contribution >= 4 is 34.0 Å². The largest absolute Gasteiger partial charge is 0.301 e. The third-order valence-electron chi connectivity index (χ3n) is 4.85. The monoisotopic (exact) mass is 415 g/mol. The molecule has 1 aromatic carbocycles. The van der Waals surface area contributed by atoms with Gasteiger partial charge in [0, 0.05) is 28.7 Å². The fourth-order valence-electron chi connectivity index (χ4n) is 3.28. The predicted molar refractivity (Wildman–Crippen MR) is 113 cm³/mol. The Morgan fingerprint density at radius 1 is 1.14 bits per heavy atom. The molecule has 6 nitrogen and oxygen atoms in total. The SMILES string of the molecule is O=C(Nc1nc(-c2ccc(Cl)cc2)cs1)c1cnn(CCN2CCCCC2)c1. The molecule has 0 saturated carbocycles. The van der Waals surface area contributed by atoms with Crippen LogP contribution in [-0.4, -0.2) is 45.2 Å². The van der Waals surface area contributed by atoms with E-state index in [-0.39, 0.29) is 5.91 Å². The van der Waals surface area contributed by atoms with E-state index in [9.17, 15) is 4.79 Å². The second-order valence-corrected chi connectivity index (χ2v) is 8.19. The number of amides is 1. The third kappa shape index (κ3) is 4.79. The average Bonchev–Trinajstić information content (AvgIpc) is 3.38. The number of aromatic nitrogens is 3. The summed E-state index contributed by atoms with van der Waals surface area (Å²) in [6.07, 6.45) is 7.29. The maximum Gasteiger partial charge on any atom is 0.260 e. The summed E-state index contributed by atoms with van der Waals surface area (Å²) in [5.41, 5.74) is 2.32. The molecule has 1 amide bonds. The number of nitrogens with zero attached hydrogens (tertiary/aromatic N) is 4. The molecule has 0 bridgehead atoms. The number of thiazole rings is 1. The summed E-state index contributed by atoms with van der Waals surface area (Å²) in [6, 6.07) is 7.48. The Labute approximate surface area is 173 Å². The molecule has 0 spiro atoms. The van der Waals surface area contributed by atoms with E-state index in [1.165, 1.54) is 30.6 Å². The number of carbonyl (C=O) groups is 1. The van der Waals surface area contributed by atoms with Crippen LogP contribution in [0.2, 0.25) is 5.02 Å². The highest BCUT2D eigenvalue weighted by atomic mass is 35.5. The first kappa shape index (κ1) is 19.1. The molecule has 28 heavy (non-hydrogen) atoms. The van der Waals surface area contributed by atoms with Crippen LogP contribution < -0.4 is 5.32 Å². The van der Waals surface area contributed by atoms with Crippen LogP contribution in [0, 0.1) is 0 Å². The molecule has 0 atom stereocenters. The van der Waals surface area contributed by atoms with Gasteiger partial charge < -0.3 is 4.90 Å². The van der Waals surface area contributed by atoms with E-state index in [0.717, 1.165) is 37.4 Å². The zero-order valence-corrected chi connectivity index (χ0v) is 17.0. The van der Waals surface area contributed by atoms with Crippen molar-refractivity contribution in [3.8, 4) is 11.3 Å². The highest BCUT2D eigenvalue weighted by Crippen LogP contribution is 2.26. The van der Waals surface area contributed by atoms with Crippen LogP contribution in [0.15, 0.2) is 42.0 Å². The fraction of sp³-hybridized carbons (Fsp3) is 0.350. The zero-order chi connectivity index (χ0) is 19.3. The second-order valence-electron chi connectivity index (χ2n) is 6.89. The molecule has 8 heteroatoms. The van der Waals surface area contributed by atoms with E-state index < -0.39 is 0 Å². The molecular weight excluding hydrogens is 394 g/mol. The Hall–Kier alpha value is -2.22. The van der Waals surface area contributed by atoms with Gasteiger partial charge in [-0.15, -0.1) is 11.3 Å². The third-order valence-corrected chi connectivity index (χ3v) is 5.86. The molecule has 2 aromatic heterocycles. The minimum absolute atomic E-state index is 0.193. The van der Waals surface area contributed by atoms with Gasteiger partial charge in [-0.3, -0.25) is 14.8 Å². The number of likely N-dealkylation sites (tertiary alicyclic amines) is 1. The zero-order valence-electron chi connectivity index (χ0n) is 15.5. The smallest absolute Gasteiger partial charge is 0.260 e. The van der Waals surface area contributed by atoms with Crippen molar-refractivity contribution in [1.29, 1.82) is 0 Å². The Kier molecular flexibility index (Phi) is 6.04. The van der Waals surface area contributed by atoms with Gasteiger partial charge in [-0.05, 0) is 38.1 Å². The number of anilines is 1. The summed E-state index contributed by atoms with van der Waals surface area (Å²) in [7, 11) is 0. The van der Waals surface area contributed by atoms with Crippen LogP contribution in [0.25, 0.3) is 11.3 Å². The van der Waals surface area contributed by atoms with Gasteiger partial charge in [-0.25, -0.2) is 4.98 Å². The lowest BCUT2D eigenvalue weighted by Crippen LogP contribution is -2.32. The number of rotatable bonds is 6. The van der Waals surface area contributed by atoms with Crippen LogP contribution >= 0.6 is 22.9 Å². The molecular formula is C20H22ClN5OS. The highest BCUT2D eigenvalue weighted by Gasteiger charge is 2.13. The van der Waals surface area contributed by atoms with Crippen molar-refractivity contribution in [3.63, 3.8) is 0 Å². The molecule has 0 unspecified atom stereocenters. The van der Waals surface area contributed by atoms with Crippen LogP contribution in [0.4, 0.5) is 5.13 Å². The van der Waals surface area contributed by atoms with E-state index >= 15 is 0 Å². The summed E-state index contributed by atoms with van der Waals surface area (Å²) >= 11 is 7.32. The van der Waals surface area contributed by atoms with E-state index in [1.807, 2.05) is 34.3 Å². The number of piperidine rings is 1. The fourth-order valence-corrected chi connectivity index (χ4v) is 4.12. The Bertz CT molecular complexity index is 930. The van der Waals surface area contributed by atoms with Crippen LogP contribution in [-0.2, 0) is 6.54 Å². The van der Waals surface area contributed by atoms with E-state index in [1.54, 1.807) is 12.4 Å². The molecule has 146 valence electrons. The Morgan fingerprint density at radius 2 is 1.93 bits per heavy atom. The molecule has 0 aliphatic carbocycles. The topological polar surface area (TPSA) is 63.1 Å². The lowest BCUT2D eigenvalue weighted by molar-refractivity contribution is 0.102. The van der Waals surface area contributed by atoms with Crippen molar-refractivity contribution in [3.05, 3.63) is 52.6 Å². The van der Waals surface area contributed by atoms with Crippen LogP contribution in [0.3, 0.4) is 0 Å². The standard InChI is InChI=1S/C20H22ClN5OS/c21-17-6-4-15(5-7-17)18-14-28-20(23-18)24-19(27)16-12-22-26(13-16)11-10-25-8-2-1-3-9-25/h4-7,12-14H,1-3,8-11H2,(H,23,24,27). The number of hydrogen-bond donors (Lipinski definition) is 1. The van der Waals surface area contributed by atoms with E-state index in [2.05, 4.69) is 20.3 Å². The predicted octanol–water partition coefficient (Wildman–Crippen LogP) is 4.40. The number of benzene rings is 1. The van der Waals surface area contributed by atoms with Crippen molar-refractivity contribution in [2.75, 3.05) is 25.0 Å². The van der Waals surface area contributed by atoms with Crippen molar-refractivity contribution in [2.24, 2.45) is 0 Å². The summed E-state index contributed by atoms with van der Waals surface area (Å²) in [5.74, 6) is -0.193. The van der Waals surface area contributed by atoms with Crippen LogP contribution in [0.1, 0.15) is 29.6 Å². The van der Waals surface area contributed by atoms with Crippen LogP contribution in [0.5, 0.6) is 0 Å². The van der Waals surface area contributed by atoms with Gasteiger partial charge in [0.15, 0.2) is 5.13 Å². The molecule has 1 N–H and O–H groups in total. The maximum absolute atomic E-state index is 12.5. The number of carbonyl (C=O) groups excluding carboxylic acids is 1. The quantitative estimate of drug-likeness (QED) is 0.648. The molecule has 3 heterocycles. The lowest BCUT2D eigenvalue weighted by atomic mass is 10.1. The van der Waals surface area contributed by atoms with Gasteiger partial charge in [0.1, 0.15) is 0 Å². The van der Waals surface area contributed by atoms with Gasteiger partial charge >= 0.3 is 0 Å². The van der Waals surface area contributed by atoms with Crippen molar-refractivity contribution in [2.45, 2.75) is 25.8 Å². The average molecular weight is 416 g/mol. The van der Waals surface area contributed by atoms with Crippen molar-refractivity contribution < 1.29 is 4.79 Å². The summed E-state index contributed by atoms with van der Waals surface area (Å²) < 4.78 is 1.84. The first-order valence-electron chi connectivity index (χ1n) is 9.45. The summed E-state index contributed by atoms with van der Waals surface area (Å²) in [4.78, 5) is 19.4. The number of hydrogen-bond acceptors (Lipinski definition) is 5. The first-order valence-corrected chi connectivity index (χ1v) is 10.7. The Morgan fingerprint density at radius 3 is 2.71 bits per heavy atom. The molecule has 3 aromatic rings. The molecule has 1 aliphatic heterocycles. The molecule has 1 saturated heterocycles. The number of halogens is 1. The Balaban J connectivity index is 1.34. The van der Waals surface area contributed by atoms with Gasteiger partial charge in [-0.2, -0.15) is 5.10 Å². The normalized spacial score (nSPS) is 14.9. The van der Waals surface area contributed by atoms with Crippen molar-refractivity contribution in [1.82, 2.24) is 19.7 Å². The molecule has 1 fully saturated rings. The molecule has 1 aliphatic rings. The maximum atomic E-state index is 12.5. The molecule has 0 radical (unpaired) electrons. The minimum Gasteiger partial charge on any atom is -0.301 e. The summed E-state index contributed by atoms with van der Waals surface area (Å²) in [5, 5.41) is 10.3.